The van der Waals surface area contributed by atoms with Gasteiger partial charge < -0.3 is 27.8 Å². The quantitative estimate of drug-likeness (QED) is 0.488. The SMILES string of the molecule is C/C(N)=C/C(N)=C(\N)NC1CC(C)(C)NC(C)(C)C1. The molecular formula is C14H29N5. The lowest BCUT2D eigenvalue weighted by Crippen LogP contribution is -2.61. The summed E-state index contributed by atoms with van der Waals surface area (Å²) in [5, 5.41) is 6.96. The summed E-state index contributed by atoms with van der Waals surface area (Å²) in [6, 6.07) is 0.302. The first-order valence-electron chi connectivity index (χ1n) is 6.76. The molecule has 19 heavy (non-hydrogen) atoms. The van der Waals surface area contributed by atoms with Gasteiger partial charge in [-0.1, -0.05) is 0 Å². The van der Waals surface area contributed by atoms with Crippen LogP contribution in [0.1, 0.15) is 47.5 Å². The molecule has 1 heterocycles. The summed E-state index contributed by atoms with van der Waals surface area (Å²) in [5.74, 6) is 0.503. The Kier molecular flexibility index (Phi) is 4.40. The third kappa shape index (κ3) is 5.03. The summed E-state index contributed by atoms with van der Waals surface area (Å²) >= 11 is 0. The van der Waals surface area contributed by atoms with Crippen LogP contribution in [0.3, 0.4) is 0 Å². The van der Waals surface area contributed by atoms with Crippen molar-refractivity contribution in [3.63, 3.8) is 0 Å². The largest absolute Gasteiger partial charge is 0.402 e. The van der Waals surface area contributed by atoms with Gasteiger partial charge in [0.05, 0.1) is 5.70 Å². The highest BCUT2D eigenvalue weighted by molar-refractivity contribution is 5.22. The van der Waals surface area contributed by atoms with E-state index in [0.717, 1.165) is 12.8 Å². The van der Waals surface area contributed by atoms with Crippen molar-refractivity contribution < 1.29 is 0 Å². The lowest BCUT2D eigenvalue weighted by atomic mass is 9.79. The van der Waals surface area contributed by atoms with Crippen molar-refractivity contribution in [2.75, 3.05) is 0 Å². The molecule has 110 valence electrons. The molecule has 0 unspecified atom stereocenters. The maximum absolute atomic E-state index is 6.00. The van der Waals surface area contributed by atoms with Gasteiger partial charge >= 0.3 is 0 Å². The molecule has 0 saturated carbocycles. The smallest absolute Gasteiger partial charge is 0.120 e. The lowest BCUT2D eigenvalue weighted by molar-refractivity contribution is 0.151. The predicted molar refractivity (Wildman–Crippen MR) is 80.8 cm³/mol. The fourth-order valence-corrected chi connectivity index (χ4v) is 3.05. The summed E-state index contributed by atoms with van der Waals surface area (Å²) in [7, 11) is 0. The van der Waals surface area contributed by atoms with Gasteiger partial charge in [0.25, 0.3) is 0 Å². The Bertz CT molecular complexity index is 373. The maximum atomic E-state index is 6.00. The van der Waals surface area contributed by atoms with E-state index in [-0.39, 0.29) is 11.1 Å². The average molecular weight is 267 g/mol. The summed E-state index contributed by atoms with van der Waals surface area (Å²) < 4.78 is 0. The normalized spacial score (nSPS) is 24.8. The fraction of sp³-hybridized carbons (Fsp3) is 0.714. The standard InChI is InChI=1S/C14H29N5/c1-9(15)6-11(16)12(17)18-10-7-13(2,3)19-14(4,5)8-10/h6,10,18-19H,7-8,15-17H2,1-5H3/b9-6-,12-11-. The molecule has 0 aliphatic carbocycles. The van der Waals surface area contributed by atoms with Gasteiger partial charge in [-0.3, -0.25) is 0 Å². The zero-order valence-corrected chi connectivity index (χ0v) is 12.8. The number of hydrogen-bond acceptors (Lipinski definition) is 5. The molecule has 0 aromatic rings. The van der Waals surface area contributed by atoms with Crippen LogP contribution in [0.5, 0.6) is 0 Å². The Morgan fingerprint density at radius 1 is 1.11 bits per heavy atom. The molecule has 1 aliphatic rings. The second-order valence-corrected chi connectivity index (χ2v) is 6.90. The minimum atomic E-state index is 0.0775. The van der Waals surface area contributed by atoms with Crippen molar-refractivity contribution in [1.82, 2.24) is 10.6 Å². The molecule has 5 heteroatoms. The average Bonchev–Trinajstić information content (AvgIpc) is 2.10. The highest BCUT2D eigenvalue weighted by atomic mass is 15.1. The monoisotopic (exact) mass is 267 g/mol. The van der Waals surface area contributed by atoms with Crippen LogP contribution in [-0.2, 0) is 0 Å². The highest BCUT2D eigenvalue weighted by Gasteiger charge is 2.37. The predicted octanol–water partition coefficient (Wildman–Crippen LogP) is 0.834. The molecule has 1 aliphatic heterocycles. The Morgan fingerprint density at radius 3 is 2.00 bits per heavy atom. The van der Waals surface area contributed by atoms with Crippen molar-refractivity contribution in [3.8, 4) is 0 Å². The van der Waals surface area contributed by atoms with Gasteiger partial charge in [0.15, 0.2) is 0 Å². The minimum absolute atomic E-state index is 0.0775. The Morgan fingerprint density at radius 2 is 1.58 bits per heavy atom. The molecule has 1 saturated heterocycles. The maximum Gasteiger partial charge on any atom is 0.120 e. The second-order valence-electron chi connectivity index (χ2n) is 6.90. The molecule has 0 spiro atoms. The van der Waals surface area contributed by atoms with Crippen LogP contribution in [0.25, 0.3) is 0 Å². The first kappa shape index (κ1) is 15.7. The van der Waals surface area contributed by atoms with Gasteiger partial charge in [-0.2, -0.15) is 0 Å². The third-order valence-electron chi connectivity index (χ3n) is 3.24. The number of rotatable bonds is 3. The number of nitrogens with one attached hydrogen (secondary N) is 2. The van der Waals surface area contributed by atoms with Crippen LogP contribution in [0.4, 0.5) is 0 Å². The number of nitrogens with two attached hydrogens (primary N) is 3. The number of piperidine rings is 1. The van der Waals surface area contributed by atoms with Crippen molar-refractivity contribution in [2.45, 2.75) is 64.6 Å². The van der Waals surface area contributed by atoms with Crippen molar-refractivity contribution in [2.24, 2.45) is 17.2 Å². The molecule has 1 fully saturated rings. The number of hydrogen-bond donors (Lipinski definition) is 5. The van der Waals surface area contributed by atoms with E-state index in [0.29, 0.717) is 23.3 Å². The Labute approximate surface area is 116 Å². The van der Waals surface area contributed by atoms with E-state index >= 15 is 0 Å². The Hall–Kier alpha value is -1.36. The molecule has 0 bridgehead atoms. The van der Waals surface area contributed by atoms with E-state index in [1.165, 1.54) is 0 Å². The van der Waals surface area contributed by atoms with Crippen molar-refractivity contribution in [3.05, 3.63) is 23.3 Å². The summed E-state index contributed by atoms with van der Waals surface area (Å²) in [5.41, 5.74) is 18.8. The van der Waals surface area contributed by atoms with E-state index < -0.39 is 0 Å². The van der Waals surface area contributed by atoms with Crippen LogP contribution < -0.4 is 27.8 Å². The van der Waals surface area contributed by atoms with E-state index in [9.17, 15) is 0 Å². The molecule has 0 atom stereocenters. The molecular weight excluding hydrogens is 238 g/mol. The van der Waals surface area contributed by atoms with Gasteiger partial charge in [0, 0.05) is 22.8 Å². The molecule has 0 radical (unpaired) electrons. The highest BCUT2D eigenvalue weighted by Crippen LogP contribution is 2.28. The summed E-state index contributed by atoms with van der Waals surface area (Å²) in [6.45, 7) is 10.6. The topological polar surface area (TPSA) is 102 Å². The minimum Gasteiger partial charge on any atom is -0.402 e. The van der Waals surface area contributed by atoms with Gasteiger partial charge in [-0.25, -0.2) is 0 Å². The van der Waals surface area contributed by atoms with E-state index in [1.807, 2.05) is 0 Å². The first-order valence-corrected chi connectivity index (χ1v) is 6.76. The Balaban J connectivity index is 2.79. The van der Waals surface area contributed by atoms with E-state index in [4.69, 9.17) is 17.2 Å². The molecule has 1 rings (SSSR count). The molecule has 0 aromatic carbocycles. The molecule has 8 N–H and O–H groups in total. The summed E-state index contributed by atoms with van der Waals surface area (Å²) in [4.78, 5) is 0. The molecule has 0 amide bonds. The first-order chi connectivity index (χ1) is 8.51. The van der Waals surface area contributed by atoms with Gasteiger partial charge in [-0.15, -0.1) is 0 Å². The van der Waals surface area contributed by atoms with Crippen molar-refractivity contribution in [1.29, 1.82) is 0 Å². The van der Waals surface area contributed by atoms with E-state index in [1.54, 1.807) is 13.0 Å². The van der Waals surface area contributed by atoms with Crippen molar-refractivity contribution >= 4 is 0 Å². The van der Waals surface area contributed by atoms with Crippen LogP contribution >= 0.6 is 0 Å². The van der Waals surface area contributed by atoms with Gasteiger partial charge in [-0.05, 0) is 53.5 Å². The number of allylic oxidation sites excluding steroid dienone is 2. The molecule has 0 aromatic heterocycles. The van der Waals surface area contributed by atoms with Crippen LogP contribution in [0, 0.1) is 0 Å². The molecule has 5 nitrogen and oxygen atoms in total. The lowest BCUT2D eigenvalue weighted by Gasteiger charge is -2.47. The fourth-order valence-electron chi connectivity index (χ4n) is 3.05. The third-order valence-corrected chi connectivity index (χ3v) is 3.24. The van der Waals surface area contributed by atoms with E-state index in [2.05, 4.69) is 38.3 Å². The second kappa shape index (κ2) is 5.33. The van der Waals surface area contributed by atoms with Crippen LogP contribution in [0.2, 0.25) is 0 Å². The van der Waals surface area contributed by atoms with Crippen LogP contribution in [0.15, 0.2) is 23.3 Å². The van der Waals surface area contributed by atoms with Crippen LogP contribution in [-0.4, -0.2) is 17.1 Å². The zero-order chi connectivity index (χ0) is 14.8. The van der Waals surface area contributed by atoms with Gasteiger partial charge in [0.2, 0.25) is 0 Å². The summed E-state index contributed by atoms with van der Waals surface area (Å²) in [6.07, 6.45) is 3.67. The van der Waals surface area contributed by atoms with Gasteiger partial charge in [0.1, 0.15) is 5.82 Å². The zero-order valence-electron chi connectivity index (χ0n) is 12.8.